The van der Waals surface area contributed by atoms with Crippen molar-refractivity contribution in [2.45, 2.75) is 32.2 Å². The second-order valence-electron chi connectivity index (χ2n) is 9.11. The number of carbonyl (C=O) groups excluding carboxylic acids is 2. The highest BCUT2D eigenvalue weighted by Crippen LogP contribution is 2.46. The van der Waals surface area contributed by atoms with Gasteiger partial charge in [0.15, 0.2) is 0 Å². The van der Waals surface area contributed by atoms with E-state index in [4.69, 9.17) is 4.74 Å². The zero-order valence-electron chi connectivity index (χ0n) is 17.8. The van der Waals surface area contributed by atoms with Crippen LogP contribution in [0.4, 0.5) is 4.79 Å². The summed E-state index contributed by atoms with van der Waals surface area (Å²) in [5.74, 6) is 1.39. The van der Waals surface area contributed by atoms with Crippen LogP contribution in [0.2, 0.25) is 0 Å². The highest BCUT2D eigenvalue weighted by molar-refractivity contribution is 5.78. The van der Waals surface area contributed by atoms with Gasteiger partial charge in [0.25, 0.3) is 0 Å². The molecule has 0 radical (unpaired) electrons. The second-order valence-corrected chi connectivity index (χ2v) is 9.11. The molecule has 0 N–H and O–H groups in total. The van der Waals surface area contributed by atoms with Crippen molar-refractivity contribution in [2.75, 3.05) is 46.9 Å². The van der Waals surface area contributed by atoms with E-state index in [1.807, 2.05) is 25.1 Å². The minimum absolute atomic E-state index is 0.0389. The summed E-state index contributed by atoms with van der Waals surface area (Å²) in [5.41, 5.74) is 2.43. The van der Waals surface area contributed by atoms with Gasteiger partial charge in [-0.25, -0.2) is 4.79 Å². The second kappa shape index (κ2) is 8.34. The molecule has 0 unspecified atom stereocenters. The van der Waals surface area contributed by atoms with Crippen LogP contribution in [0, 0.1) is 24.7 Å². The number of fused-ring (bicyclic) bond motifs is 1. The number of urea groups is 1. The molecule has 3 saturated heterocycles. The summed E-state index contributed by atoms with van der Waals surface area (Å²) in [5, 5.41) is 0. The molecule has 0 aliphatic carbocycles. The lowest BCUT2D eigenvalue weighted by molar-refractivity contribution is -0.132. The van der Waals surface area contributed by atoms with Gasteiger partial charge in [-0.2, -0.15) is 0 Å². The lowest BCUT2D eigenvalue weighted by atomic mass is 9.87. The quantitative estimate of drug-likeness (QED) is 0.785. The molecule has 29 heavy (non-hydrogen) atoms. The van der Waals surface area contributed by atoms with Crippen LogP contribution in [0.25, 0.3) is 0 Å². The Bertz CT molecular complexity index is 759. The number of nitrogens with zero attached hydrogens (tertiary/aromatic N) is 3. The van der Waals surface area contributed by atoms with Gasteiger partial charge in [-0.1, -0.05) is 24.3 Å². The van der Waals surface area contributed by atoms with E-state index in [2.05, 4.69) is 30.0 Å². The number of hydrogen-bond acceptors (Lipinski definition) is 3. The molecule has 3 aliphatic rings. The Morgan fingerprint density at radius 1 is 1.10 bits per heavy atom. The minimum atomic E-state index is 0.0389. The number of benzene rings is 1. The van der Waals surface area contributed by atoms with Gasteiger partial charge >= 0.3 is 6.03 Å². The fourth-order valence-corrected chi connectivity index (χ4v) is 5.35. The first-order valence-electron chi connectivity index (χ1n) is 10.8. The molecule has 3 fully saturated rings. The molecule has 0 spiro atoms. The largest absolute Gasteiger partial charge is 0.381 e. The van der Waals surface area contributed by atoms with Gasteiger partial charge in [0.2, 0.25) is 5.91 Å². The van der Waals surface area contributed by atoms with E-state index in [9.17, 15) is 9.59 Å². The van der Waals surface area contributed by atoms with Crippen molar-refractivity contribution in [3.63, 3.8) is 0 Å². The molecular formula is C23H33N3O3. The van der Waals surface area contributed by atoms with E-state index in [0.29, 0.717) is 24.2 Å². The van der Waals surface area contributed by atoms with Crippen molar-refractivity contribution in [1.82, 2.24) is 14.7 Å². The number of carbonyl (C=O) groups is 2. The molecule has 1 aromatic rings. The Morgan fingerprint density at radius 2 is 1.83 bits per heavy atom. The lowest BCUT2D eigenvalue weighted by Gasteiger charge is -2.33. The number of hydrogen-bond donors (Lipinski definition) is 0. The number of ether oxygens (including phenoxy) is 1. The van der Waals surface area contributed by atoms with Crippen LogP contribution in [0.1, 0.15) is 36.4 Å². The summed E-state index contributed by atoms with van der Waals surface area (Å²) in [4.78, 5) is 31.6. The Hall–Kier alpha value is -2.08. The first-order valence-corrected chi connectivity index (χ1v) is 10.8. The molecule has 1 aromatic carbocycles. The molecule has 3 atom stereocenters. The number of likely N-dealkylation sites (tertiary alicyclic amines) is 2. The van der Waals surface area contributed by atoms with Crippen LogP contribution < -0.4 is 0 Å². The van der Waals surface area contributed by atoms with Crippen molar-refractivity contribution < 1.29 is 14.3 Å². The monoisotopic (exact) mass is 399 g/mol. The summed E-state index contributed by atoms with van der Waals surface area (Å²) in [6.07, 6.45) is 2.62. The number of aryl methyl sites for hydroxylation is 1. The number of amides is 3. The zero-order chi connectivity index (χ0) is 20.5. The summed E-state index contributed by atoms with van der Waals surface area (Å²) >= 11 is 0. The highest BCUT2D eigenvalue weighted by atomic mass is 16.5. The van der Waals surface area contributed by atoms with Gasteiger partial charge in [-0.15, -0.1) is 0 Å². The summed E-state index contributed by atoms with van der Waals surface area (Å²) < 4.78 is 5.43. The standard InChI is InChI=1S/C23H33N3O3/c1-16-6-4-5-7-19(16)22-20-15-25(21(27)12-17-8-10-29-11-9-17)13-18(20)14-26(22)23(28)24(2)3/h4-7,17-18,20,22H,8-15H2,1-3H3/t18-,20-,22+/m1/s1. The smallest absolute Gasteiger partial charge is 0.320 e. The van der Waals surface area contributed by atoms with Gasteiger partial charge in [0.1, 0.15) is 0 Å². The van der Waals surface area contributed by atoms with Crippen LogP contribution in [0.3, 0.4) is 0 Å². The number of rotatable bonds is 3. The van der Waals surface area contributed by atoms with Crippen LogP contribution in [-0.4, -0.2) is 73.6 Å². The third-order valence-corrected chi connectivity index (χ3v) is 6.96. The fraction of sp³-hybridized carbons (Fsp3) is 0.652. The minimum Gasteiger partial charge on any atom is -0.381 e. The molecule has 3 aliphatic heterocycles. The maximum Gasteiger partial charge on any atom is 0.320 e. The molecule has 3 amide bonds. The van der Waals surface area contributed by atoms with Crippen molar-refractivity contribution in [1.29, 1.82) is 0 Å². The van der Waals surface area contributed by atoms with Crippen LogP contribution >= 0.6 is 0 Å². The van der Waals surface area contributed by atoms with Crippen LogP contribution in [0.15, 0.2) is 24.3 Å². The predicted octanol–water partition coefficient (Wildman–Crippen LogP) is 2.92. The van der Waals surface area contributed by atoms with Crippen molar-refractivity contribution >= 4 is 11.9 Å². The normalized spacial score (nSPS) is 27.2. The first-order chi connectivity index (χ1) is 14.0. The third-order valence-electron chi connectivity index (χ3n) is 6.96. The van der Waals surface area contributed by atoms with Gasteiger partial charge < -0.3 is 19.4 Å². The lowest BCUT2D eigenvalue weighted by Crippen LogP contribution is -2.42. The van der Waals surface area contributed by atoms with Crippen molar-refractivity contribution in [3.05, 3.63) is 35.4 Å². The molecule has 4 rings (SSSR count). The van der Waals surface area contributed by atoms with E-state index >= 15 is 0 Å². The Kier molecular flexibility index (Phi) is 5.81. The SMILES string of the molecule is Cc1ccccc1[C@H]1[C@@H]2CN(C(=O)CC3CCOCC3)C[C@@H]2CN1C(=O)N(C)C. The summed E-state index contributed by atoms with van der Waals surface area (Å²) in [6, 6.07) is 8.46. The van der Waals surface area contributed by atoms with E-state index in [-0.39, 0.29) is 18.0 Å². The average Bonchev–Trinajstić information content (AvgIpc) is 3.27. The van der Waals surface area contributed by atoms with Gasteiger partial charge in [-0.05, 0) is 36.8 Å². The van der Waals surface area contributed by atoms with Gasteiger partial charge in [-0.3, -0.25) is 4.79 Å². The van der Waals surface area contributed by atoms with Crippen molar-refractivity contribution in [2.24, 2.45) is 17.8 Å². The molecule has 3 heterocycles. The Morgan fingerprint density at radius 3 is 2.52 bits per heavy atom. The predicted molar refractivity (Wildman–Crippen MR) is 111 cm³/mol. The topological polar surface area (TPSA) is 53.1 Å². The average molecular weight is 400 g/mol. The highest BCUT2D eigenvalue weighted by Gasteiger charge is 2.50. The third kappa shape index (κ3) is 4.00. The van der Waals surface area contributed by atoms with Crippen molar-refractivity contribution in [3.8, 4) is 0 Å². The summed E-state index contributed by atoms with van der Waals surface area (Å²) in [6.45, 7) is 5.92. The molecule has 6 heteroatoms. The Labute approximate surface area is 173 Å². The summed E-state index contributed by atoms with van der Waals surface area (Å²) in [7, 11) is 3.63. The molecule has 0 bridgehead atoms. The Balaban J connectivity index is 1.52. The van der Waals surface area contributed by atoms with Gasteiger partial charge in [0.05, 0.1) is 6.04 Å². The maximum atomic E-state index is 13.0. The maximum absolute atomic E-state index is 13.0. The molecular weight excluding hydrogens is 366 g/mol. The first kappa shape index (κ1) is 20.2. The fourth-order valence-electron chi connectivity index (χ4n) is 5.35. The van der Waals surface area contributed by atoms with E-state index in [1.165, 1.54) is 11.1 Å². The van der Waals surface area contributed by atoms with Crippen LogP contribution in [-0.2, 0) is 9.53 Å². The molecule has 6 nitrogen and oxygen atoms in total. The zero-order valence-corrected chi connectivity index (χ0v) is 17.8. The molecule has 0 saturated carbocycles. The van der Waals surface area contributed by atoms with E-state index < -0.39 is 0 Å². The van der Waals surface area contributed by atoms with Gasteiger partial charge in [0, 0.05) is 65.2 Å². The molecule has 0 aromatic heterocycles. The van der Waals surface area contributed by atoms with E-state index in [1.54, 1.807) is 4.90 Å². The van der Waals surface area contributed by atoms with Crippen LogP contribution in [0.5, 0.6) is 0 Å². The molecule has 158 valence electrons. The van der Waals surface area contributed by atoms with E-state index in [0.717, 1.165) is 45.7 Å².